The molecule has 0 bridgehead atoms. The molecular formula is C27H28N4O2S2. The second-order valence-corrected chi connectivity index (χ2v) is 11.4. The minimum atomic E-state index is -0.936. The van der Waals surface area contributed by atoms with E-state index in [4.69, 9.17) is 4.98 Å². The Kier molecular flexibility index (Phi) is 7.83. The zero-order valence-corrected chi connectivity index (χ0v) is 21.6. The van der Waals surface area contributed by atoms with Crippen LogP contribution in [0, 0.1) is 0 Å². The first-order valence-electron chi connectivity index (χ1n) is 11.4. The minimum Gasteiger partial charge on any atom is -0.480 e. The molecule has 0 aliphatic rings. The van der Waals surface area contributed by atoms with Gasteiger partial charge in [-0.1, -0.05) is 73.3 Å². The monoisotopic (exact) mass is 504 g/mol. The van der Waals surface area contributed by atoms with Crippen molar-refractivity contribution in [3.8, 4) is 11.1 Å². The van der Waals surface area contributed by atoms with Crippen molar-refractivity contribution in [1.82, 2.24) is 15.0 Å². The maximum atomic E-state index is 11.5. The molecule has 0 saturated carbocycles. The van der Waals surface area contributed by atoms with Crippen LogP contribution in [0.3, 0.4) is 0 Å². The lowest BCUT2D eigenvalue weighted by Crippen LogP contribution is -2.27. The van der Waals surface area contributed by atoms with E-state index in [1.807, 2.05) is 36.0 Å². The number of aryl methyl sites for hydroxylation is 1. The van der Waals surface area contributed by atoms with E-state index in [9.17, 15) is 9.90 Å². The molecule has 0 amide bonds. The molecule has 2 aromatic heterocycles. The highest BCUT2D eigenvalue weighted by molar-refractivity contribution is 8.03. The van der Waals surface area contributed by atoms with Gasteiger partial charge in [-0.25, -0.2) is 15.0 Å². The number of rotatable bonds is 10. The van der Waals surface area contributed by atoms with Crippen molar-refractivity contribution in [1.29, 1.82) is 0 Å². The van der Waals surface area contributed by atoms with Crippen molar-refractivity contribution in [2.24, 2.45) is 0 Å². The third-order valence-corrected chi connectivity index (χ3v) is 7.73. The number of nitrogens with zero attached hydrogens (tertiary/aromatic N) is 4. The second-order valence-electron chi connectivity index (χ2n) is 8.69. The van der Waals surface area contributed by atoms with E-state index in [0.29, 0.717) is 19.0 Å². The summed E-state index contributed by atoms with van der Waals surface area (Å²) in [5.41, 5.74) is 5.45. The first-order chi connectivity index (χ1) is 16.8. The van der Waals surface area contributed by atoms with E-state index in [1.54, 1.807) is 13.8 Å². The lowest BCUT2D eigenvalue weighted by molar-refractivity contribution is -0.138. The smallest absolute Gasteiger partial charge is 0.319 e. The fourth-order valence-corrected chi connectivity index (χ4v) is 5.59. The molecule has 0 fully saturated rings. The van der Waals surface area contributed by atoms with Crippen LogP contribution in [0.4, 0.5) is 5.95 Å². The van der Waals surface area contributed by atoms with Gasteiger partial charge in [0.25, 0.3) is 0 Å². The zero-order chi connectivity index (χ0) is 24.8. The molecule has 0 saturated heterocycles. The van der Waals surface area contributed by atoms with Gasteiger partial charge in [-0.05, 0) is 42.5 Å². The second kappa shape index (κ2) is 11.0. The molecular weight excluding hydrogens is 476 g/mol. The molecule has 0 radical (unpaired) electrons. The Hall–Kier alpha value is -3.23. The van der Waals surface area contributed by atoms with Crippen LogP contribution in [-0.2, 0) is 24.3 Å². The highest BCUT2D eigenvalue weighted by Gasteiger charge is 2.30. The van der Waals surface area contributed by atoms with Crippen molar-refractivity contribution < 1.29 is 9.90 Å². The maximum Gasteiger partial charge on any atom is 0.319 e. The number of carboxylic acid groups (broad SMARTS) is 1. The fourth-order valence-electron chi connectivity index (χ4n) is 3.41. The Morgan fingerprint density at radius 3 is 2.26 bits per heavy atom. The lowest BCUT2D eigenvalue weighted by Gasteiger charge is -2.22. The van der Waals surface area contributed by atoms with Crippen molar-refractivity contribution in [3.05, 3.63) is 89.2 Å². The van der Waals surface area contributed by atoms with Crippen LogP contribution in [0.5, 0.6) is 0 Å². The number of benzene rings is 2. The third kappa shape index (κ3) is 6.46. The Morgan fingerprint density at radius 1 is 0.971 bits per heavy atom. The quantitative estimate of drug-likeness (QED) is 0.253. The van der Waals surface area contributed by atoms with Gasteiger partial charge in [0.2, 0.25) is 5.95 Å². The Bertz CT molecular complexity index is 1260. The number of hydrogen-bond acceptors (Lipinski definition) is 7. The first kappa shape index (κ1) is 24.9. The van der Waals surface area contributed by atoms with Gasteiger partial charge in [-0.15, -0.1) is 11.3 Å². The molecule has 4 rings (SSSR count). The molecule has 0 atom stereocenters. The van der Waals surface area contributed by atoms with E-state index >= 15 is 0 Å². The van der Waals surface area contributed by atoms with Gasteiger partial charge >= 0.3 is 5.97 Å². The molecule has 0 aliphatic heterocycles. The molecule has 2 heterocycles. The van der Waals surface area contributed by atoms with Crippen LogP contribution in [0.25, 0.3) is 11.1 Å². The number of anilines is 1. The van der Waals surface area contributed by atoms with Crippen molar-refractivity contribution in [2.75, 3.05) is 4.90 Å². The van der Waals surface area contributed by atoms with Gasteiger partial charge in [0.15, 0.2) is 4.34 Å². The fraction of sp³-hybridized carbons (Fsp3) is 0.259. The summed E-state index contributed by atoms with van der Waals surface area (Å²) in [6.45, 7) is 6.61. The summed E-state index contributed by atoms with van der Waals surface area (Å²) < 4.78 is -0.198. The zero-order valence-electron chi connectivity index (χ0n) is 20.0. The maximum absolute atomic E-state index is 11.5. The van der Waals surface area contributed by atoms with Crippen molar-refractivity contribution >= 4 is 35.0 Å². The molecule has 180 valence electrons. The number of carboxylic acids is 1. The number of thioether (sulfide) groups is 1. The first-order valence-corrected chi connectivity index (χ1v) is 13.1. The SMILES string of the molecule is CCc1cnc(N(Cc2ccc(-c3ccccc3)cc2)Cc2csc(SC(C)(C)C(=O)O)n2)nc1. The van der Waals surface area contributed by atoms with Gasteiger partial charge in [0.05, 0.1) is 12.2 Å². The van der Waals surface area contributed by atoms with E-state index in [1.165, 1.54) is 34.2 Å². The molecule has 2 aromatic carbocycles. The minimum absolute atomic E-state index is 0.524. The summed E-state index contributed by atoms with van der Waals surface area (Å²) in [7, 11) is 0. The predicted molar refractivity (Wildman–Crippen MR) is 143 cm³/mol. The summed E-state index contributed by atoms with van der Waals surface area (Å²) in [6, 6.07) is 18.8. The summed E-state index contributed by atoms with van der Waals surface area (Å²) in [5, 5.41) is 11.4. The molecule has 6 nitrogen and oxygen atoms in total. The van der Waals surface area contributed by atoms with Gasteiger partial charge in [0.1, 0.15) is 4.75 Å². The van der Waals surface area contributed by atoms with Gasteiger partial charge in [-0.2, -0.15) is 0 Å². The molecule has 35 heavy (non-hydrogen) atoms. The van der Waals surface area contributed by atoms with E-state index in [0.717, 1.165) is 27.6 Å². The Balaban J connectivity index is 1.55. The standard InChI is InChI=1S/C27H28N4O2S2/c1-4-19-14-28-25(29-15-19)31(17-23-18-34-26(30-23)35-27(2,3)24(32)33)16-20-10-12-22(13-11-20)21-8-6-5-7-9-21/h5-15,18H,4,16-17H2,1-3H3,(H,32,33). The summed E-state index contributed by atoms with van der Waals surface area (Å²) in [5.74, 6) is -0.216. The van der Waals surface area contributed by atoms with Crippen LogP contribution in [0.1, 0.15) is 37.6 Å². The topological polar surface area (TPSA) is 79.2 Å². The van der Waals surface area contributed by atoms with Crippen molar-refractivity contribution in [2.45, 2.75) is 49.4 Å². The van der Waals surface area contributed by atoms with E-state index in [2.05, 4.69) is 58.2 Å². The highest BCUT2D eigenvalue weighted by atomic mass is 32.2. The van der Waals surface area contributed by atoms with Gasteiger partial charge < -0.3 is 10.0 Å². The number of aliphatic carboxylic acids is 1. The summed E-state index contributed by atoms with van der Waals surface area (Å²) in [6.07, 6.45) is 4.62. The van der Waals surface area contributed by atoms with Crippen LogP contribution in [0.2, 0.25) is 0 Å². The average molecular weight is 505 g/mol. The van der Waals surface area contributed by atoms with Gasteiger partial charge in [-0.3, -0.25) is 4.79 Å². The largest absolute Gasteiger partial charge is 0.480 e. The molecule has 1 N–H and O–H groups in total. The van der Waals surface area contributed by atoms with E-state index in [-0.39, 0.29) is 0 Å². The summed E-state index contributed by atoms with van der Waals surface area (Å²) in [4.78, 5) is 27.5. The predicted octanol–water partition coefficient (Wildman–Crippen LogP) is 6.32. The number of carbonyl (C=O) groups is 1. The van der Waals surface area contributed by atoms with Crippen LogP contribution >= 0.6 is 23.1 Å². The molecule has 0 unspecified atom stereocenters. The van der Waals surface area contributed by atoms with Crippen molar-refractivity contribution in [3.63, 3.8) is 0 Å². The third-order valence-electron chi connectivity index (χ3n) is 5.56. The average Bonchev–Trinajstić information content (AvgIpc) is 3.30. The Labute approximate surface area is 214 Å². The molecule has 4 aromatic rings. The number of hydrogen-bond donors (Lipinski definition) is 1. The molecule has 0 spiro atoms. The van der Waals surface area contributed by atoms with Gasteiger partial charge in [0, 0.05) is 24.3 Å². The number of aromatic nitrogens is 3. The van der Waals surface area contributed by atoms with Crippen LogP contribution < -0.4 is 4.90 Å². The molecule has 8 heteroatoms. The van der Waals surface area contributed by atoms with Crippen LogP contribution in [0.15, 0.2) is 76.7 Å². The van der Waals surface area contributed by atoms with E-state index < -0.39 is 10.7 Å². The summed E-state index contributed by atoms with van der Waals surface area (Å²) >= 11 is 2.73. The Morgan fingerprint density at radius 2 is 1.63 bits per heavy atom. The van der Waals surface area contributed by atoms with Crippen LogP contribution in [-0.4, -0.2) is 30.8 Å². The lowest BCUT2D eigenvalue weighted by atomic mass is 10.0. The number of thiazole rings is 1. The molecule has 0 aliphatic carbocycles. The highest BCUT2D eigenvalue weighted by Crippen LogP contribution is 2.35. The normalized spacial score (nSPS) is 11.4.